The van der Waals surface area contributed by atoms with Crippen LogP contribution in [0.1, 0.15) is 107 Å². The van der Waals surface area contributed by atoms with Crippen LogP contribution in [-0.4, -0.2) is 16.5 Å². The molecule has 32 heavy (non-hydrogen) atoms. The summed E-state index contributed by atoms with van der Waals surface area (Å²) in [7, 11) is 0. The van der Waals surface area contributed by atoms with Crippen LogP contribution in [0, 0.1) is 20.8 Å². The highest BCUT2D eigenvalue weighted by Crippen LogP contribution is 2.44. The summed E-state index contributed by atoms with van der Waals surface area (Å²) in [6.45, 7) is 16.3. The maximum atomic E-state index is 12.9. The SMILES string of the molecule is CC(C)=CCCC(C)=CCCC(C)=CCC[C@]1(C)CC(=O)c2c(C)c(O)c(C)c(C)c2O1. The van der Waals surface area contributed by atoms with Crippen molar-refractivity contribution in [3.63, 3.8) is 0 Å². The number of carbonyl (C=O) groups is 1. The maximum Gasteiger partial charge on any atom is 0.170 e. The summed E-state index contributed by atoms with van der Waals surface area (Å²) in [6.07, 6.45) is 13.4. The lowest BCUT2D eigenvalue weighted by atomic mass is 9.84. The van der Waals surface area contributed by atoms with Gasteiger partial charge in [0.15, 0.2) is 5.78 Å². The third-order valence-electron chi connectivity index (χ3n) is 6.67. The van der Waals surface area contributed by atoms with E-state index in [-0.39, 0.29) is 11.5 Å². The van der Waals surface area contributed by atoms with Crippen LogP contribution in [0.2, 0.25) is 0 Å². The molecule has 0 saturated carbocycles. The van der Waals surface area contributed by atoms with Crippen LogP contribution in [0.3, 0.4) is 0 Å². The molecule has 0 radical (unpaired) electrons. The molecule has 3 heteroatoms. The number of phenols is 1. The molecule has 0 bridgehead atoms. The molecule has 1 aromatic carbocycles. The van der Waals surface area contributed by atoms with Crippen molar-refractivity contribution in [1.29, 1.82) is 0 Å². The van der Waals surface area contributed by atoms with Crippen LogP contribution in [0.15, 0.2) is 34.9 Å². The molecular formula is C29H42O3. The lowest BCUT2D eigenvalue weighted by Gasteiger charge is -2.37. The first-order chi connectivity index (χ1) is 14.9. The first-order valence-electron chi connectivity index (χ1n) is 11.9. The summed E-state index contributed by atoms with van der Waals surface area (Å²) in [5.74, 6) is 0.937. The molecule has 0 fully saturated rings. The molecule has 1 aromatic rings. The second-order valence-corrected chi connectivity index (χ2v) is 10.1. The fourth-order valence-electron chi connectivity index (χ4n) is 4.38. The van der Waals surface area contributed by atoms with E-state index >= 15 is 0 Å². The number of hydrogen-bond donors (Lipinski definition) is 1. The minimum atomic E-state index is -0.511. The monoisotopic (exact) mass is 438 g/mol. The van der Waals surface area contributed by atoms with Crippen molar-refractivity contribution in [2.45, 2.75) is 106 Å². The molecule has 1 aliphatic rings. The summed E-state index contributed by atoms with van der Waals surface area (Å²) in [5.41, 5.74) is 6.56. The van der Waals surface area contributed by atoms with Gasteiger partial charge in [0, 0.05) is 5.56 Å². The van der Waals surface area contributed by atoms with Gasteiger partial charge in [-0.25, -0.2) is 0 Å². The summed E-state index contributed by atoms with van der Waals surface area (Å²) >= 11 is 0. The van der Waals surface area contributed by atoms with Crippen molar-refractivity contribution >= 4 is 5.78 Å². The first-order valence-corrected chi connectivity index (χ1v) is 11.9. The number of phenolic OH excluding ortho intramolecular Hbond substituents is 1. The molecule has 1 aliphatic heterocycles. The van der Waals surface area contributed by atoms with Crippen molar-refractivity contribution < 1.29 is 14.6 Å². The molecule has 2 rings (SSSR count). The van der Waals surface area contributed by atoms with Crippen molar-refractivity contribution in [1.82, 2.24) is 0 Å². The van der Waals surface area contributed by atoms with E-state index in [1.54, 1.807) is 6.92 Å². The normalized spacial score (nSPS) is 18.9. The lowest BCUT2D eigenvalue weighted by molar-refractivity contribution is 0.0466. The first kappa shape index (κ1) is 26.0. The van der Waals surface area contributed by atoms with Crippen LogP contribution in [0.4, 0.5) is 0 Å². The molecule has 0 aliphatic carbocycles. The van der Waals surface area contributed by atoms with Gasteiger partial charge in [-0.1, -0.05) is 34.9 Å². The van der Waals surface area contributed by atoms with Gasteiger partial charge in [0.25, 0.3) is 0 Å². The molecular weight excluding hydrogens is 396 g/mol. The Morgan fingerprint density at radius 2 is 1.47 bits per heavy atom. The van der Waals surface area contributed by atoms with Crippen LogP contribution >= 0.6 is 0 Å². The number of aromatic hydroxyl groups is 1. The summed E-state index contributed by atoms with van der Waals surface area (Å²) in [6, 6.07) is 0. The lowest BCUT2D eigenvalue weighted by Crippen LogP contribution is -2.39. The summed E-state index contributed by atoms with van der Waals surface area (Å²) in [4.78, 5) is 12.9. The van der Waals surface area contributed by atoms with Crippen LogP contribution < -0.4 is 4.74 Å². The van der Waals surface area contributed by atoms with E-state index in [1.165, 1.54) is 16.7 Å². The number of ketones is 1. The highest BCUT2D eigenvalue weighted by atomic mass is 16.5. The van der Waals surface area contributed by atoms with E-state index in [9.17, 15) is 9.90 Å². The Kier molecular flexibility index (Phi) is 8.95. The Morgan fingerprint density at radius 1 is 0.906 bits per heavy atom. The minimum Gasteiger partial charge on any atom is -0.507 e. The topological polar surface area (TPSA) is 46.5 Å². The Labute approximate surface area is 195 Å². The standard InChI is InChI=1S/C29H42O3/c1-19(2)12-9-13-20(3)14-10-15-21(4)16-11-17-29(8)18-25(30)26-24(7)27(31)22(5)23(6)28(26)32-29/h12,14,16,31H,9-11,13,15,17-18H2,1-8H3/t29-/m1/s1. The minimum absolute atomic E-state index is 0.0686. The van der Waals surface area contributed by atoms with E-state index in [0.29, 0.717) is 23.3 Å². The van der Waals surface area contributed by atoms with Crippen LogP contribution in [0.5, 0.6) is 11.5 Å². The van der Waals surface area contributed by atoms with E-state index in [1.807, 2.05) is 20.8 Å². The van der Waals surface area contributed by atoms with E-state index in [2.05, 4.69) is 45.9 Å². The van der Waals surface area contributed by atoms with Crippen molar-refractivity contribution in [3.8, 4) is 11.5 Å². The number of hydrogen-bond acceptors (Lipinski definition) is 3. The third-order valence-corrected chi connectivity index (χ3v) is 6.67. The Balaban J connectivity index is 1.95. The number of benzene rings is 1. The van der Waals surface area contributed by atoms with Gasteiger partial charge in [-0.2, -0.15) is 0 Å². The molecule has 0 aromatic heterocycles. The number of rotatable bonds is 9. The Bertz CT molecular complexity index is 942. The third kappa shape index (κ3) is 6.60. The molecule has 3 nitrogen and oxygen atoms in total. The fraction of sp³-hybridized carbons (Fsp3) is 0.552. The van der Waals surface area contributed by atoms with Gasteiger partial charge in [-0.15, -0.1) is 0 Å². The molecule has 0 amide bonds. The quantitative estimate of drug-likeness (QED) is 0.395. The van der Waals surface area contributed by atoms with E-state index < -0.39 is 5.60 Å². The average molecular weight is 439 g/mol. The summed E-state index contributed by atoms with van der Waals surface area (Å²) in [5, 5.41) is 10.3. The molecule has 176 valence electrons. The van der Waals surface area contributed by atoms with Gasteiger partial charge < -0.3 is 9.84 Å². The largest absolute Gasteiger partial charge is 0.507 e. The highest BCUT2D eigenvalue weighted by molar-refractivity contribution is 6.03. The molecule has 1 N–H and O–H groups in total. The zero-order valence-electron chi connectivity index (χ0n) is 21.4. The number of ether oxygens (including phenoxy) is 1. The van der Waals surface area contributed by atoms with Crippen molar-refractivity contribution in [3.05, 3.63) is 57.2 Å². The van der Waals surface area contributed by atoms with Crippen LogP contribution in [0.25, 0.3) is 0 Å². The van der Waals surface area contributed by atoms with E-state index in [0.717, 1.165) is 49.7 Å². The van der Waals surface area contributed by atoms with Gasteiger partial charge in [0.1, 0.15) is 17.1 Å². The maximum absolute atomic E-state index is 12.9. The van der Waals surface area contributed by atoms with Gasteiger partial charge in [0.05, 0.1) is 12.0 Å². The molecule has 1 heterocycles. The summed E-state index contributed by atoms with van der Waals surface area (Å²) < 4.78 is 6.41. The van der Waals surface area contributed by atoms with Gasteiger partial charge in [-0.05, 0) is 105 Å². The predicted octanol–water partition coefficient (Wildman–Crippen LogP) is 8.24. The van der Waals surface area contributed by atoms with Gasteiger partial charge >= 0.3 is 0 Å². The number of Topliss-reactive ketones (excluding diaryl/α,β-unsaturated/α-hetero) is 1. The van der Waals surface area contributed by atoms with Crippen LogP contribution in [-0.2, 0) is 0 Å². The zero-order valence-corrected chi connectivity index (χ0v) is 21.4. The number of allylic oxidation sites excluding steroid dienone is 6. The second kappa shape index (κ2) is 11.0. The number of carbonyl (C=O) groups excluding carboxylic acids is 1. The second-order valence-electron chi connectivity index (χ2n) is 10.1. The van der Waals surface area contributed by atoms with Crippen molar-refractivity contribution in [2.75, 3.05) is 0 Å². The predicted molar refractivity (Wildman–Crippen MR) is 135 cm³/mol. The highest BCUT2D eigenvalue weighted by Gasteiger charge is 2.38. The number of fused-ring (bicyclic) bond motifs is 1. The molecule has 0 unspecified atom stereocenters. The van der Waals surface area contributed by atoms with Gasteiger partial charge in [-0.3, -0.25) is 4.79 Å². The Morgan fingerprint density at radius 3 is 2.06 bits per heavy atom. The average Bonchev–Trinajstić information content (AvgIpc) is 2.69. The fourth-order valence-corrected chi connectivity index (χ4v) is 4.38. The smallest absolute Gasteiger partial charge is 0.170 e. The molecule has 1 atom stereocenters. The molecule has 0 saturated heterocycles. The van der Waals surface area contributed by atoms with Gasteiger partial charge in [0.2, 0.25) is 0 Å². The Hall–Kier alpha value is -2.29. The zero-order chi connectivity index (χ0) is 24.1. The van der Waals surface area contributed by atoms with Crippen molar-refractivity contribution in [2.24, 2.45) is 0 Å². The van der Waals surface area contributed by atoms with E-state index in [4.69, 9.17) is 4.74 Å². The molecule has 0 spiro atoms.